The fraction of sp³-hybridized carbons (Fsp3) is 0.125. The lowest BCUT2D eigenvalue weighted by Crippen LogP contribution is -1.85. The predicted octanol–water partition coefficient (Wildman–Crippen LogP) is 1.30. The third-order valence-electron chi connectivity index (χ3n) is 1.71. The SMILES string of the molecule is Cc1cc(N)cc2nc(N)oc12. The Morgan fingerprint density at radius 1 is 1.33 bits per heavy atom. The van der Waals surface area contributed by atoms with E-state index in [1.165, 1.54) is 0 Å². The minimum absolute atomic E-state index is 0.179. The molecule has 0 saturated carbocycles. The summed E-state index contributed by atoms with van der Waals surface area (Å²) in [6.07, 6.45) is 0. The topological polar surface area (TPSA) is 78.1 Å². The van der Waals surface area contributed by atoms with E-state index < -0.39 is 0 Å². The summed E-state index contributed by atoms with van der Waals surface area (Å²) in [6.45, 7) is 1.91. The molecule has 1 aromatic heterocycles. The van der Waals surface area contributed by atoms with Crippen LogP contribution in [0.4, 0.5) is 11.7 Å². The van der Waals surface area contributed by atoms with Gasteiger partial charge in [-0.3, -0.25) is 0 Å². The van der Waals surface area contributed by atoms with Gasteiger partial charge >= 0.3 is 0 Å². The highest BCUT2D eigenvalue weighted by Crippen LogP contribution is 2.23. The lowest BCUT2D eigenvalue weighted by Gasteiger charge is -1.94. The van der Waals surface area contributed by atoms with E-state index >= 15 is 0 Å². The molecule has 0 bridgehead atoms. The van der Waals surface area contributed by atoms with Crippen LogP contribution >= 0.6 is 0 Å². The Labute approximate surface area is 69.2 Å². The molecular weight excluding hydrogens is 154 g/mol. The lowest BCUT2D eigenvalue weighted by molar-refractivity contribution is 0.624. The van der Waals surface area contributed by atoms with Gasteiger partial charge in [-0.25, -0.2) is 0 Å². The molecule has 1 heterocycles. The predicted molar refractivity (Wildman–Crippen MR) is 47.6 cm³/mol. The largest absolute Gasteiger partial charge is 0.423 e. The van der Waals surface area contributed by atoms with E-state index in [1.54, 1.807) is 6.07 Å². The average Bonchev–Trinajstić information content (AvgIpc) is 2.29. The van der Waals surface area contributed by atoms with Gasteiger partial charge in [0, 0.05) is 5.69 Å². The van der Waals surface area contributed by atoms with Crippen LogP contribution < -0.4 is 11.5 Å². The van der Waals surface area contributed by atoms with Crippen LogP contribution in [0.15, 0.2) is 16.5 Å². The van der Waals surface area contributed by atoms with Crippen LogP contribution in [-0.2, 0) is 0 Å². The van der Waals surface area contributed by atoms with Crippen molar-refractivity contribution >= 4 is 22.8 Å². The summed E-state index contributed by atoms with van der Waals surface area (Å²) in [5, 5.41) is 0. The van der Waals surface area contributed by atoms with Crippen LogP contribution in [0.1, 0.15) is 5.56 Å². The van der Waals surface area contributed by atoms with Crippen molar-refractivity contribution in [3.05, 3.63) is 17.7 Å². The highest BCUT2D eigenvalue weighted by Gasteiger charge is 2.05. The second-order valence-electron chi connectivity index (χ2n) is 2.74. The molecule has 0 fully saturated rings. The zero-order chi connectivity index (χ0) is 8.72. The standard InChI is InChI=1S/C8H9N3O/c1-4-2-5(9)3-6-7(4)12-8(10)11-6/h2-3H,9H2,1H3,(H2,10,11). The van der Waals surface area contributed by atoms with Gasteiger partial charge in [0.15, 0.2) is 5.58 Å². The van der Waals surface area contributed by atoms with Gasteiger partial charge in [-0.05, 0) is 24.6 Å². The zero-order valence-electron chi connectivity index (χ0n) is 6.66. The maximum atomic E-state index is 5.61. The molecule has 0 aliphatic heterocycles. The Hall–Kier alpha value is -1.71. The van der Waals surface area contributed by atoms with Gasteiger partial charge in [0.05, 0.1) is 0 Å². The van der Waals surface area contributed by atoms with Crippen LogP contribution in [0, 0.1) is 6.92 Å². The number of hydrogen-bond donors (Lipinski definition) is 2. The molecule has 0 unspecified atom stereocenters. The van der Waals surface area contributed by atoms with Crippen molar-refractivity contribution in [2.75, 3.05) is 11.5 Å². The first kappa shape index (κ1) is 6.97. The summed E-state index contributed by atoms with van der Waals surface area (Å²) in [5.41, 5.74) is 14.1. The number of hydrogen-bond acceptors (Lipinski definition) is 4. The molecule has 62 valence electrons. The fourth-order valence-corrected chi connectivity index (χ4v) is 1.24. The molecule has 0 radical (unpaired) electrons. The highest BCUT2D eigenvalue weighted by atomic mass is 16.4. The number of nitrogen functional groups attached to an aromatic ring is 2. The molecule has 1 aromatic carbocycles. The molecular formula is C8H9N3O. The van der Waals surface area contributed by atoms with E-state index in [1.807, 2.05) is 13.0 Å². The van der Waals surface area contributed by atoms with Gasteiger partial charge in [-0.15, -0.1) is 0 Å². The maximum absolute atomic E-state index is 5.61. The average molecular weight is 163 g/mol. The number of nitrogens with two attached hydrogens (primary N) is 2. The Morgan fingerprint density at radius 3 is 2.83 bits per heavy atom. The number of anilines is 2. The van der Waals surface area contributed by atoms with Gasteiger partial charge in [0.1, 0.15) is 5.52 Å². The second-order valence-corrected chi connectivity index (χ2v) is 2.74. The molecule has 0 amide bonds. The first-order valence-corrected chi connectivity index (χ1v) is 3.59. The third-order valence-corrected chi connectivity index (χ3v) is 1.71. The lowest BCUT2D eigenvalue weighted by atomic mass is 10.2. The normalized spacial score (nSPS) is 10.8. The van der Waals surface area contributed by atoms with E-state index in [-0.39, 0.29) is 6.01 Å². The first-order valence-electron chi connectivity index (χ1n) is 3.59. The summed E-state index contributed by atoms with van der Waals surface area (Å²) >= 11 is 0. The van der Waals surface area contributed by atoms with Crippen molar-refractivity contribution in [3.63, 3.8) is 0 Å². The van der Waals surface area contributed by atoms with Crippen LogP contribution in [0.5, 0.6) is 0 Å². The minimum atomic E-state index is 0.179. The number of rotatable bonds is 0. The summed E-state index contributed by atoms with van der Waals surface area (Å²) < 4.78 is 5.16. The second kappa shape index (κ2) is 2.14. The Balaban J connectivity index is 2.88. The van der Waals surface area contributed by atoms with Crippen LogP contribution in [0.3, 0.4) is 0 Å². The van der Waals surface area contributed by atoms with Gasteiger partial charge < -0.3 is 15.9 Å². The molecule has 4 nitrogen and oxygen atoms in total. The first-order chi connectivity index (χ1) is 5.66. The summed E-state index contributed by atoms with van der Waals surface area (Å²) in [5.74, 6) is 0. The molecule has 0 spiro atoms. The van der Waals surface area contributed by atoms with Crippen molar-refractivity contribution in [1.82, 2.24) is 4.98 Å². The highest BCUT2D eigenvalue weighted by molar-refractivity contribution is 5.81. The van der Waals surface area contributed by atoms with Crippen LogP contribution in [0.25, 0.3) is 11.1 Å². The van der Waals surface area contributed by atoms with Gasteiger partial charge in [0.2, 0.25) is 0 Å². The van der Waals surface area contributed by atoms with E-state index in [0.717, 1.165) is 5.56 Å². The molecule has 2 aromatic rings. The van der Waals surface area contributed by atoms with Crippen molar-refractivity contribution in [3.8, 4) is 0 Å². The molecule has 12 heavy (non-hydrogen) atoms. The maximum Gasteiger partial charge on any atom is 0.292 e. The quantitative estimate of drug-likeness (QED) is 0.574. The number of benzene rings is 1. The van der Waals surface area contributed by atoms with Gasteiger partial charge in [-0.1, -0.05) is 0 Å². The van der Waals surface area contributed by atoms with Gasteiger partial charge in [0.25, 0.3) is 6.01 Å². The summed E-state index contributed by atoms with van der Waals surface area (Å²) in [4.78, 5) is 3.97. The smallest absolute Gasteiger partial charge is 0.292 e. The molecule has 0 saturated heterocycles. The zero-order valence-corrected chi connectivity index (χ0v) is 6.66. The van der Waals surface area contributed by atoms with Crippen molar-refractivity contribution in [2.24, 2.45) is 0 Å². The van der Waals surface area contributed by atoms with E-state index in [2.05, 4.69) is 4.98 Å². The van der Waals surface area contributed by atoms with Crippen molar-refractivity contribution in [1.29, 1.82) is 0 Å². The van der Waals surface area contributed by atoms with Crippen molar-refractivity contribution in [2.45, 2.75) is 6.92 Å². The molecule has 4 N–H and O–H groups in total. The Bertz CT molecular complexity index is 433. The number of aromatic nitrogens is 1. The number of fused-ring (bicyclic) bond motifs is 1. The summed E-state index contributed by atoms with van der Waals surface area (Å²) in [7, 11) is 0. The monoisotopic (exact) mass is 163 g/mol. The molecule has 2 rings (SSSR count). The molecule has 4 heteroatoms. The molecule has 0 atom stereocenters. The van der Waals surface area contributed by atoms with Crippen LogP contribution in [-0.4, -0.2) is 4.98 Å². The molecule has 0 aliphatic carbocycles. The molecule has 0 aliphatic rings. The van der Waals surface area contributed by atoms with Crippen molar-refractivity contribution < 1.29 is 4.42 Å². The summed E-state index contributed by atoms with van der Waals surface area (Å²) in [6, 6.07) is 3.74. The number of nitrogens with zero attached hydrogens (tertiary/aromatic N) is 1. The minimum Gasteiger partial charge on any atom is -0.423 e. The van der Waals surface area contributed by atoms with E-state index in [9.17, 15) is 0 Å². The van der Waals surface area contributed by atoms with Gasteiger partial charge in [-0.2, -0.15) is 4.98 Å². The van der Waals surface area contributed by atoms with E-state index in [0.29, 0.717) is 16.8 Å². The van der Waals surface area contributed by atoms with Crippen LogP contribution in [0.2, 0.25) is 0 Å². The number of oxazole rings is 1. The van der Waals surface area contributed by atoms with E-state index in [4.69, 9.17) is 15.9 Å². The third kappa shape index (κ3) is 0.887. The Morgan fingerprint density at radius 2 is 2.08 bits per heavy atom. The fourth-order valence-electron chi connectivity index (χ4n) is 1.24. The Kier molecular flexibility index (Phi) is 1.24. The number of aryl methyl sites for hydroxylation is 1.